The van der Waals surface area contributed by atoms with E-state index >= 15 is 0 Å². The van der Waals surface area contributed by atoms with Gasteiger partial charge in [0.1, 0.15) is 17.2 Å². The molecular formula is C20H26O5S. The minimum atomic E-state index is -4.21. The van der Waals surface area contributed by atoms with E-state index in [1.54, 1.807) is 18.2 Å². The molecule has 0 unspecified atom stereocenters. The maximum Gasteiger partial charge on any atom is 0.294 e. The van der Waals surface area contributed by atoms with Crippen LogP contribution in [0.1, 0.15) is 51.0 Å². The van der Waals surface area contributed by atoms with Gasteiger partial charge in [-0.25, -0.2) is 0 Å². The molecule has 0 aromatic heterocycles. The average molecular weight is 378 g/mol. The number of benzene rings is 2. The Morgan fingerprint density at radius 3 is 2.15 bits per heavy atom. The van der Waals surface area contributed by atoms with Gasteiger partial charge in [-0.1, -0.05) is 39.0 Å². The van der Waals surface area contributed by atoms with Gasteiger partial charge in [0.05, 0.1) is 4.90 Å². The third-order valence-corrected chi connectivity index (χ3v) is 5.08. The Morgan fingerprint density at radius 1 is 0.885 bits per heavy atom. The molecule has 0 atom stereocenters. The maximum absolute atomic E-state index is 11.1. The van der Waals surface area contributed by atoms with Crippen LogP contribution in [0.2, 0.25) is 0 Å². The van der Waals surface area contributed by atoms with Gasteiger partial charge in [0.2, 0.25) is 0 Å². The first-order valence-electron chi connectivity index (χ1n) is 8.97. The van der Waals surface area contributed by atoms with E-state index in [9.17, 15) is 13.5 Å². The molecule has 2 N–H and O–H groups in total. The molecule has 26 heavy (non-hydrogen) atoms. The molecule has 0 aliphatic heterocycles. The highest BCUT2D eigenvalue weighted by Crippen LogP contribution is 2.29. The normalized spacial score (nSPS) is 11.5. The molecule has 0 saturated carbocycles. The van der Waals surface area contributed by atoms with Crippen molar-refractivity contribution in [1.29, 1.82) is 0 Å². The Balaban J connectivity index is 1.96. The fourth-order valence-electron chi connectivity index (χ4n) is 2.74. The molecule has 5 nitrogen and oxygen atoms in total. The molecule has 0 spiro atoms. The molecule has 142 valence electrons. The second kappa shape index (κ2) is 9.59. The molecule has 0 heterocycles. The lowest BCUT2D eigenvalue weighted by Gasteiger charge is -2.10. The number of aryl methyl sites for hydroxylation is 1. The molecule has 0 amide bonds. The van der Waals surface area contributed by atoms with Gasteiger partial charge in [0.15, 0.2) is 0 Å². The van der Waals surface area contributed by atoms with Crippen molar-refractivity contribution >= 4 is 10.1 Å². The second-order valence-corrected chi connectivity index (χ2v) is 7.78. The first-order chi connectivity index (χ1) is 12.4. The number of phenols is 1. The molecule has 0 bridgehead atoms. The average Bonchev–Trinajstić information content (AvgIpc) is 2.60. The van der Waals surface area contributed by atoms with E-state index in [0.717, 1.165) is 24.8 Å². The fourth-order valence-corrected chi connectivity index (χ4v) is 3.22. The van der Waals surface area contributed by atoms with Crippen LogP contribution in [0.25, 0.3) is 0 Å². The zero-order valence-electron chi connectivity index (χ0n) is 15.0. The monoisotopic (exact) mass is 378 g/mol. The first kappa shape index (κ1) is 20.3. The SMILES string of the molecule is CCCCCCCCc1cc(Oc2ccc(S(=O)(=O)O)cc2)ccc1O. The van der Waals surface area contributed by atoms with E-state index in [0.29, 0.717) is 11.5 Å². The van der Waals surface area contributed by atoms with Gasteiger partial charge in [-0.15, -0.1) is 0 Å². The molecule has 2 aromatic rings. The van der Waals surface area contributed by atoms with Crippen LogP contribution in [0.4, 0.5) is 0 Å². The van der Waals surface area contributed by atoms with Crippen LogP contribution < -0.4 is 4.74 Å². The van der Waals surface area contributed by atoms with Crippen LogP contribution in [0.15, 0.2) is 47.4 Å². The van der Waals surface area contributed by atoms with Gasteiger partial charge in [0.25, 0.3) is 10.1 Å². The van der Waals surface area contributed by atoms with Crippen molar-refractivity contribution in [3.63, 3.8) is 0 Å². The zero-order chi connectivity index (χ0) is 19.0. The number of aromatic hydroxyl groups is 1. The minimum absolute atomic E-state index is 0.181. The second-order valence-electron chi connectivity index (χ2n) is 6.36. The molecule has 0 radical (unpaired) electrons. The van der Waals surface area contributed by atoms with Crippen LogP contribution >= 0.6 is 0 Å². The molecular weight excluding hydrogens is 352 g/mol. The quantitative estimate of drug-likeness (QED) is 0.431. The lowest BCUT2D eigenvalue weighted by Crippen LogP contribution is -1.97. The summed E-state index contributed by atoms with van der Waals surface area (Å²) in [7, 11) is -4.21. The van der Waals surface area contributed by atoms with E-state index in [2.05, 4.69) is 6.92 Å². The fraction of sp³-hybridized carbons (Fsp3) is 0.400. The largest absolute Gasteiger partial charge is 0.508 e. The van der Waals surface area contributed by atoms with Gasteiger partial charge < -0.3 is 9.84 Å². The van der Waals surface area contributed by atoms with Crippen molar-refractivity contribution in [2.24, 2.45) is 0 Å². The van der Waals surface area contributed by atoms with Crippen molar-refractivity contribution in [3.8, 4) is 17.2 Å². The van der Waals surface area contributed by atoms with E-state index in [-0.39, 0.29) is 10.6 Å². The maximum atomic E-state index is 11.1. The lowest BCUT2D eigenvalue weighted by atomic mass is 10.0. The smallest absolute Gasteiger partial charge is 0.294 e. The lowest BCUT2D eigenvalue weighted by molar-refractivity contribution is 0.455. The molecule has 0 fully saturated rings. The number of hydrogen-bond donors (Lipinski definition) is 2. The summed E-state index contributed by atoms with van der Waals surface area (Å²) in [5.41, 5.74) is 0.840. The van der Waals surface area contributed by atoms with Crippen molar-refractivity contribution in [2.75, 3.05) is 0 Å². The highest BCUT2D eigenvalue weighted by atomic mass is 32.2. The number of unbranched alkanes of at least 4 members (excludes halogenated alkanes) is 5. The summed E-state index contributed by atoms with van der Waals surface area (Å²) in [6.45, 7) is 2.19. The van der Waals surface area contributed by atoms with Gasteiger partial charge in [-0.3, -0.25) is 4.55 Å². The van der Waals surface area contributed by atoms with Crippen molar-refractivity contribution in [3.05, 3.63) is 48.0 Å². The van der Waals surface area contributed by atoms with Crippen molar-refractivity contribution in [2.45, 2.75) is 56.8 Å². The third-order valence-electron chi connectivity index (χ3n) is 4.21. The summed E-state index contributed by atoms with van der Waals surface area (Å²) in [6.07, 6.45) is 7.91. The van der Waals surface area contributed by atoms with E-state index in [1.165, 1.54) is 49.9 Å². The van der Waals surface area contributed by atoms with Crippen LogP contribution in [0.5, 0.6) is 17.2 Å². The van der Waals surface area contributed by atoms with Crippen LogP contribution in [0, 0.1) is 0 Å². The number of hydrogen-bond acceptors (Lipinski definition) is 4. The Kier molecular flexibility index (Phi) is 7.48. The minimum Gasteiger partial charge on any atom is -0.508 e. The van der Waals surface area contributed by atoms with Gasteiger partial charge in [0, 0.05) is 0 Å². The molecule has 2 aromatic carbocycles. The third kappa shape index (κ3) is 6.35. The summed E-state index contributed by atoms with van der Waals surface area (Å²) < 4.78 is 36.8. The molecule has 0 aliphatic rings. The van der Waals surface area contributed by atoms with E-state index < -0.39 is 10.1 Å². The van der Waals surface area contributed by atoms with Gasteiger partial charge >= 0.3 is 0 Å². The summed E-state index contributed by atoms with van der Waals surface area (Å²) in [5.74, 6) is 1.28. The number of phenolic OH excluding ortho intramolecular Hbond substituents is 1. The standard InChI is InChI=1S/C20H26O5S/c1-2-3-4-5-6-7-8-16-15-18(11-14-20(16)21)25-17-9-12-19(13-10-17)26(22,23)24/h9-15,21H,2-8H2,1H3,(H,22,23,24). The Labute approximate surface area is 155 Å². The summed E-state index contributed by atoms with van der Waals surface area (Å²) in [5, 5.41) is 10.0. The summed E-state index contributed by atoms with van der Waals surface area (Å²) >= 11 is 0. The van der Waals surface area contributed by atoms with E-state index in [4.69, 9.17) is 9.29 Å². The molecule has 2 rings (SSSR count). The van der Waals surface area contributed by atoms with E-state index in [1.807, 2.05) is 0 Å². The van der Waals surface area contributed by atoms with Crippen molar-refractivity contribution < 1.29 is 22.8 Å². The predicted octanol–water partition coefficient (Wildman–Crippen LogP) is 5.33. The van der Waals surface area contributed by atoms with Crippen LogP contribution in [0.3, 0.4) is 0 Å². The summed E-state index contributed by atoms with van der Waals surface area (Å²) in [4.78, 5) is -0.181. The van der Waals surface area contributed by atoms with Gasteiger partial charge in [-0.2, -0.15) is 8.42 Å². The molecule has 0 saturated heterocycles. The number of rotatable bonds is 10. The predicted molar refractivity (Wildman–Crippen MR) is 102 cm³/mol. The highest BCUT2D eigenvalue weighted by Gasteiger charge is 2.10. The topological polar surface area (TPSA) is 83.8 Å². The zero-order valence-corrected chi connectivity index (χ0v) is 15.8. The van der Waals surface area contributed by atoms with Crippen LogP contribution in [-0.2, 0) is 16.5 Å². The Bertz CT molecular complexity index is 797. The Morgan fingerprint density at radius 2 is 1.50 bits per heavy atom. The highest BCUT2D eigenvalue weighted by molar-refractivity contribution is 7.85. The Hall–Kier alpha value is -2.05. The van der Waals surface area contributed by atoms with Crippen LogP contribution in [-0.4, -0.2) is 18.1 Å². The number of ether oxygens (including phenoxy) is 1. The first-order valence-corrected chi connectivity index (χ1v) is 10.4. The van der Waals surface area contributed by atoms with Crippen molar-refractivity contribution in [1.82, 2.24) is 0 Å². The molecule has 0 aliphatic carbocycles. The van der Waals surface area contributed by atoms with Gasteiger partial charge in [-0.05, 0) is 60.9 Å². The summed E-state index contributed by atoms with van der Waals surface area (Å²) in [6, 6.07) is 10.6. The molecule has 6 heteroatoms.